The van der Waals surface area contributed by atoms with Crippen LogP contribution in [-0.2, 0) is 26.7 Å². The molecule has 0 aliphatic carbocycles. The molecule has 0 saturated carbocycles. The molecule has 1 amide bonds. The van der Waals surface area contributed by atoms with Crippen molar-refractivity contribution in [2.24, 2.45) is 7.05 Å². The molecule has 3 heterocycles. The van der Waals surface area contributed by atoms with Gasteiger partial charge in [-0.1, -0.05) is 30.3 Å². The minimum absolute atomic E-state index is 0.0423. The number of aryl methyl sites for hydroxylation is 1. The molecular weight excluding hydrogens is 370 g/mol. The predicted octanol–water partition coefficient (Wildman–Crippen LogP) is 1.69. The molecule has 0 saturated heterocycles. The molecule has 3 aromatic rings. The normalized spacial score (nSPS) is 12.9. The monoisotopic (exact) mass is 389 g/mol. The molecule has 1 aliphatic heterocycles. The van der Waals surface area contributed by atoms with Crippen molar-refractivity contribution in [1.82, 2.24) is 19.2 Å². The lowest BCUT2D eigenvalue weighted by atomic mass is 10.2. The average Bonchev–Trinajstić information content (AvgIpc) is 3.17. The molecule has 0 N–H and O–H groups in total. The molecular formula is C21H19N5O3. The fourth-order valence-electron chi connectivity index (χ4n) is 3.37. The van der Waals surface area contributed by atoms with E-state index in [-0.39, 0.29) is 29.4 Å². The molecule has 146 valence electrons. The standard InChI is InChI=1S/C21H19N5O3/c1-24-8-7-18(27)20(29-14-15-5-3-2-4-6-15)19(24)21(28)25-9-10-26-17(13-25)11-16(12-22)23-26/h2-8,11H,9-10,13-14H2,1H3. The van der Waals surface area contributed by atoms with E-state index in [0.29, 0.717) is 25.3 Å². The van der Waals surface area contributed by atoms with Crippen LogP contribution >= 0.6 is 0 Å². The van der Waals surface area contributed by atoms with Gasteiger partial charge in [-0.05, 0) is 11.6 Å². The smallest absolute Gasteiger partial charge is 0.274 e. The summed E-state index contributed by atoms with van der Waals surface area (Å²) in [4.78, 5) is 27.4. The first-order chi connectivity index (χ1) is 14.1. The van der Waals surface area contributed by atoms with Gasteiger partial charge in [0.05, 0.1) is 18.8 Å². The zero-order valence-electron chi connectivity index (χ0n) is 15.9. The number of carbonyl (C=O) groups is 1. The highest BCUT2D eigenvalue weighted by Gasteiger charge is 2.28. The highest BCUT2D eigenvalue weighted by atomic mass is 16.5. The zero-order valence-corrected chi connectivity index (χ0v) is 15.9. The van der Waals surface area contributed by atoms with Gasteiger partial charge >= 0.3 is 0 Å². The van der Waals surface area contributed by atoms with E-state index < -0.39 is 0 Å². The molecule has 8 heteroatoms. The quantitative estimate of drug-likeness (QED) is 0.677. The van der Waals surface area contributed by atoms with Gasteiger partial charge in [0.2, 0.25) is 5.43 Å². The molecule has 4 rings (SSSR count). The number of hydrogen-bond donors (Lipinski definition) is 0. The lowest BCUT2D eigenvalue weighted by molar-refractivity contribution is 0.0689. The molecule has 0 radical (unpaired) electrons. The van der Waals surface area contributed by atoms with E-state index in [1.807, 2.05) is 36.4 Å². The first-order valence-electron chi connectivity index (χ1n) is 9.19. The maximum atomic E-state index is 13.3. The SMILES string of the molecule is Cn1ccc(=O)c(OCc2ccccc2)c1C(=O)N1CCn2nc(C#N)cc2C1. The van der Waals surface area contributed by atoms with E-state index in [0.717, 1.165) is 11.3 Å². The first-order valence-corrected chi connectivity index (χ1v) is 9.19. The van der Waals surface area contributed by atoms with Crippen LogP contribution in [0.25, 0.3) is 0 Å². The summed E-state index contributed by atoms with van der Waals surface area (Å²) in [6.45, 7) is 1.43. The Morgan fingerprint density at radius 1 is 1.24 bits per heavy atom. The summed E-state index contributed by atoms with van der Waals surface area (Å²) >= 11 is 0. The van der Waals surface area contributed by atoms with Crippen LogP contribution in [0.2, 0.25) is 0 Å². The summed E-state index contributed by atoms with van der Waals surface area (Å²) in [5.41, 5.74) is 1.89. The van der Waals surface area contributed by atoms with E-state index in [2.05, 4.69) is 5.10 Å². The van der Waals surface area contributed by atoms with Crippen LogP contribution < -0.4 is 10.2 Å². The van der Waals surface area contributed by atoms with E-state index in [9.17, 15) is 9.59 Å². The maximum Gasteiger partial charge on any atom is 0.274 e. The van der Waals surface area contributed by atoms with Gasteiger partial charge in [0.15, 0.2) is 17.1 Å². The number of amides is 1. The van der Waals surface area contributed by atoms with Crippen molar-refractivity contribution >= 4 is 5.91 Å². The number of benzene rings is 1. The lowest BCUT2D eigenvalue weighted by Gasteiger charge is -2.28. The Morgan fingerprint density at radius 3 is 2.79 bits per heavy atom. The summed E-state index contributed by atoms with van der Waals surface area (Å²) in [5, 5.41) is 13.2. The van der Waals surface area contributed by atoms with Crippen LogP contribution in [0.1, 0.15) is 27.4 Å². The Kier molecular flexibility index (Phi) is 4.87. The van der Waals surface area contributed by atoms with Crippen LogP contribution in [0.4, 0.5) is 0 Å². The third kappa shape index (κ3) is 3.62. The number of pyridine rings is 1. The van der Waals surface area contributed by atoms with Crippen molar-refractivity contribution in [2.45, 2.75) is 19.7 Å². The maximum absolute atomic E-state index is 13.3. The number of aromatic nitrogens is 3. The third-order valence-electron chi connectivity index (χ3n) is 4.87. The minimum Gasteiger partial charge on any atom is -0.483 e. The molecule has 2 aromatic heterocycles. The van der Waals surface area contributed by atoms with Crippen LogP contribution in [0.3, 0.4) is 0 Å². The molecule has 8 nitrogen and oxygen atoms in total. The topological polar surface area (TPSA) is 93.2 Å². The third-order valence-corrected chi connectivity index (χ3v) is 4.87. The molecule has 0 unspecified atom stereocenters. The first kappa shape index (κ1) is 18.5. The van der Waals surface area contributed by atoms with Gasteiger partial charge in [-0.25, -0.2) is 0 Å². The molecule has 1 aliphatic rings. The van der Waals surface area contributed by atoms with Crippen molar-refractivity contribution in [3.63, 3.8) is 0 Å². The van der Waals surface area contributed by atoms with Crippen LogP contribution in [-0.4, -0.2) is 31.7 Å². The second-order valence-electron chi connectivity index (χ2n) is 6.83. The van der Waals surface area contributed by atoms with Gasteiger partial charge in [0.1, 0.15) is 12.7 Å². The van der Waals surface area contributed by atoms with Gasteiger partial charge in [-0.15, -0.1) is 0 Å². The molecule has 0 atom stereocenters. The van der Waals surface area contributed by atoms with Gasteiger partial charge < -0.3 is 14.2 Å². The highest BCUT2D eigenvalue weighted by molar-refractivity contribution is 5.95. The Morgan fingerprint density at radius 2 is 2.03 bits per heavy atom. The Labute approximate surface area is 167 Å². The average molecular weight is 389 g/mol. The second kappa shape index (κ2) is 7.64. The fraction of sp³-hybridized carbons (Fsp3) is 0.238. The van der Waals surface area contributed by atoms with Crippen molar-refractivity contribution in [1.29, 1.82) is 5.26 Å². The van der Waals surface area contributed by atoms with Gasteiger partial charge in [-0.2, -0.15) is 10.4 Å². The Balaban J connectivity index is 1.62. The molecule has 0 bridgehead atoms. The number of nitrogens with zero attached hydrogens (tertiary/aromatic N) is 5. The van der Waals surface area contributed by atoms with Crippen molar-refractivity contribution in [2.75, 3.05) is 6.54 Å². The Hall–Kier alpha value is -3.86. The van der Waals surface area contributed by atoms with E-state index in [1.54, 1.807) is 33.5 Å². The number of nitriles is 1. The molecule has 1 aromatic carbocycles. The fourth-order valence-corrected chi connectivity index (χ4v) is 3.37. The summed E-state index contributed by atoms with van der Waals surface area (Å²) in [5.74, 6) is -0.250. The largest absolute Gasteiger partial charge is 0.483 e. The number of carbonyl (C=O) groups excluding carboxylic acids is 1. The van der Waals surface area contributed by atoms with Gasteiger partial charge in [-0.3, -0.25) is 14.3 Å². The molecule has 29 heavy (non-hydrogen) atoms. The van der Waals surface area contributed by atoms with Crippen molar-refractivity contribution in [3.05, 3.63) is 81.5 Å². The molecule has 0 fully saturated rings. The van der Waals surface area contributed by atoms with Crippen LogP contribution in [0.5, 0.6) is 5.75 Å². The number of ether oxygens (including phenoxy) is 1. The molecule has 0 spiro atoms. The van der Waals surface area contributed by atoms with Gasteiger partial charge in [0.25, 0.3) is 5.91 Å². The number of fused-ring (bicyclic) bond motifs is 1. The highest BCUT2D eigenvalue weighted by Crippen LogP contribution is 2.21. The minimum atomic E-state index is -0.337. The van der Waals surface area contributed by atoms with Crippen LogP contribution in [0.15, 0.2) is 53.5 Å². The van der Waals surface area contributed by atoms with Crippen LogP contribution in [0, 0.1) is 11.3 Å². The predicted molar refractivity (Wildman–Crippen MR) is 104 cm³/mol. The Bertz CT molecular complexity index is 1160. The van der Waals surface area contributed by atoms with E-state index in [1.165, 1.54) is 6.07 Å². The summed E-state index contributed by atoms with van der Waals surface area (Å²) in [6, 6.07) is 14.6. The summed E-state index contributed by atoms with van der Waals surface area (Å²) < 4.78 is 9.14. The van der Waals surface area contributed by atoms with Gasteiger partial charge in [0, 0.05) is 25.9 Å². The second-order valence-corrected chi connectivity index (χ2v) is 6.83. The van der Waals surface area contributed by atoms with Crippen molar-refractivity contribution < 1.29 is 9.53 Å². The summed E-state index contributed by atoms with van der Waals surface area (Å²) in [6.07, 6.45) is 1.56. The number of hydrogen-bond acceptors (Lipinski definition) is 5. The zero-order chi connectivity index (χ0) is 20.4. The van der Waals surface area contributed by atoms with E-state index >= 15 is 0 Å². The summed E-state index contributed by atoms with van der Waals surface area (Å²) in [7, 11) is 1.71. The lowest BCUT2D eigenvalue weighted by Crippen LogP contribution is -2.40. The van der Waals surface area contributed by atoms with Crippen molar-refractivity contribution in [3.8, 4) is 11.8 Å². The van der Waals surface area contributed by atoms with E-state index in [4.69, 9.17) is 10.00 Å². The number of rotatable bonds is 4.